The van der Waals surface area contributed by atoms with E-state index < -0.39 is 12.0 Å². The predicted octanol–water partition coefficient (Wildman–Crippen LogP) is 0.995. The molecule has 2 rings (SSSR count). The minimum absolute atomic E-state index is 0.0312. The minimum Gasteiger partial charge on any atom is -0.508 e. The molecule has 0 saturated heterocycles. The second-order valence-corrected chi connectivity index (χ2v) is 5.20. The van der Waals surface area contributed by atoms with Crippen LogP contribution in [0.25, 0.3) is 0 Å². The summed E-state index contributed by atoms with van der Waals surface area (Å²) in [6.45, 7) is 1.47. The molecule has 1 aromatic carbocycles. The van der Waals surface area contributed by atoms with Crippen molar-refractivity contribution >= 4 is 11.8 Å². The first-order chi connectivity index (χ1) is 11.5. The van der Waals surface area contributed by atoms with Gasteiger partial charge in [-0.1, -0.05) is 0 Å². The van der Waals surface area contributed by atoms with Crippen LogP contribution in [0.2, 0.25) is 0 Å². The van der Waals surface area contributed by atoms with Gasteiger partial charge in [0.05, 0.1) is 0 Å². The zero-order valence-electron chi connectivity index (χ0n) is 13.1. The summed E-state index contributed by atoms with van der Waals surface area (Å²) >= 11 is 0. The molecule has 0 aliphatic carbocycles. The summed E-state index contributed by atoms with van der Waals surface area (Å²) < 4.78 is 5.35. The number of phenols is 1. The number of hydrogen-bond acceptors (Lipinski definition) is 7. The number of hydrogen-bond donors (Lipinski definition) is 2. The largest absolute Gasteiger partial charge is 0.508 e. The predicted molar refractivity (Wildman–Crippen MR) is 81.7 cm³/mol. The average molecular weight is 334 g/mol. The highest BCUT2D eigenvalue weighted by Gasteiger charge is 2.19. The van der Waals surface area contributed by atoms with E-state index in [-0.39, 0.29) is 24.6 Å². The van der Waals surface area contributed by atoms with Gasteiger partial charge in [-0.05, 0) is 42.8 Å². The molecule has 1 aromatic heterocycles. The number of ketones is 1. The Kier molecular flexibility index (Phi) is 5.83. The van der Waals surface area contributed by atoms with Crippen LogP contribution in [0.4, 0.5) is 0 Å². The molecule has 0 radical (unpaired) electrons. The van der Waals surface area contributed by atoms with Crippen molar-refractivity contribution in [1.82, 2.24) is 20.2 Å². The van der Waals surface area contributed by atoms with Crippen LogP contribution >= 0.6 is 0 Å². The first kappa shape index (κ1) is 17.4. The van der Waals surface area contributed by atoms with E-state index >= 15 is 0 Å². The van der Waals surface area contributed by atoms with Gasteiger partial charge in [0.15, 0.2) is 11.6 Å². The fraction of sp³-hybridized carbons (Fsp3) is 0.400. The molecule has 0 aliphatic rings. The number of aromatic nitrogens is 4. The normalized spacial score (nSPS) is 11.9. The Morgan fingerprint density at radius 2 is 2.00 bits per heavy atom. The second kappa shape index (κ2) is 8.04. The molecule has 128 valence electrons. The maximum atomic E-state index is 12.1. The standard InChI is InChI=1S/C15H18N4O5/c1-10(13(21)9-24-12-7-5-11(20)6-8-12)19-17-14(16-18-19)3-2-4-15(22)23/h5-8,10,20H,2-4,9H2,1H3,(H,22,23). The zero-order chi connectivity index (χ0) is 17.5. The molecule has 0 amide bonds. The molecule has 1 atom stereocenters. The molecule has 2 N–H and O–H groups in total. The van der Waals surface area contributed by atoms with Crippen LogP contribution in [-0.4, -0.2) is 48.8 Å². The number of carbonyl (C=O) groups is 2. The SMILES string of the molecule is CC(C(=O)COc1ccc(O)cc1)n1nnc(CCCC(=O)O)n1. The smallest absolute Gasteiger partial charge is 0.303 e. The lowest BCUT2D eigenvalue weighted by molar-refractivity contribution is -0.137. The lowest BCUT2D eigenvalue weighted by Crippen LogP contribution is -2.24. The average Bonchev–Trinajstić information content (AvgIpc) is 3.02. The number of benzene rings is 1. The Labute approximate surface area is 137 Å². The highest BCUT2D eigenvalue weighted by atomic mass is 16.5. The minimum atomic E-state index is -0.877. The molecular weight excluding hydrogens is 316 g/mol. The summed E-state index contributed by atoms with van der Waals surface area (Å²) in [5, 5.41) is 29.5. The van der Waals surface area contributed by atoms with E-state index in [2.05, 4.69) is 15.4 Å². The number of phenolic OH excluding ortho intramolecular Hbond substituents is 1. The second-order valence-electron chi connectivity index (χ2n) is 5.20. The van der Waals surface area contributed by atoms with Crippen molar-refractivity contribution in [3.05, 3.63) is 30.1 Å². The van der Waals surface area contributed by atoms with Crippen molar-refractivity contribution in [3.8, 4) is 11.5 Å². The Morgan fingerprint density at radius 1 is 1.29 bits per heavy atom. The van der Waals surface area contributed by atoms with Crippen molar-refractivity contribution in [1.29, 1.82) is 0 Å². The van der Waals surface area contributed by atoms with Crippen LogP contribution in [0.15, 0.2) is 24.3 Å². The van der Waals surface area contributed by atoms with Gasteiger partial charge >= 0.3 is 5.97 Å². The molecular formula is C15H18N4O5. The van der Waals surface area contributed by atoms with Crippen molar-refractivity contribution in [3.63, 3.8) is 0 Å². The third kappa shape index (κ3) is 5.04. The van der Waals surface area contributed by atoms with Gasteiger partial charge in [-0.2, -0.15) is 4.80 Å². The summed E-state index contributed by atoms with van der Waals surface area (Å²) in [6.07, 6.45) is 0.827. The van der Waals surface area contributed by atoms with E-state index in [9.17, 15) is 14.7 Å². The van der Waals surface area contributed by atoms with Crippen LogP contribution < -0.4 is 4.74 Å². The van der Waals surface area contributed by atoms with E-state index in [4.69, 9.17) is 9.84 Å². The number of carboxylic acids is 1. The molecule has 2 aromatic rings. The first-order valence-corrected chi connectivity index (χ1v) is 7.40. The number of ether oxygens (including phenoxy) is 1. The van der Waals surface area contributed by atoms with Gasteiger partial charge in [0.25, 0.3) is 0 Å². The van der Waals surface area contributed by atoms with Crippen molar-refractivity contribution in [2.24, 2.45) is 0 Å². The highest BCUT2D eigenvalue weighted by Crippen LogP contribution is 2.16. The summed E-state index contributed by atoms with van der Waals surface area (Å²) in [4.78, 5) is 23.8. The van der Waals surface area contributed by atoms with Gasteiger partial charge in [-0.25, -0.2) is 0 Å². The van der Waals surface area contributed by atoms with Gasteiger partial charge in [0.2, 0.25) is 0 Å². The van der Waals surface area contributed by atoms with Crippen LogP contribution in [0.1, 0.15) is 31.6 Å². The number of Topliss-reactive ketones (excluding diaryl/α,β-unsaturated/α-hetero) is 1. The lowest BCUT2D eigenvalue weighted by Gasteiger charge is -2.10. The van der Waals surface area contributed by atoms with E-state index in [1.165, 1.54) is 16.9 Å². The Balaban J connectivity index is 1.85. The van der Waals surface area contributed by atoms with Gasteiger partial charge in [0, 0.05) is 12.8 Å². The number of carboxylic acid groups (broad SMARTS) is 1. The molecule has 0 saturated carbocycles. The van der Waals surface area contributed by atoms with E-state index in [1.54, 1.807) is 19.1 Å². The number of nitrogens with zero attached hydrogens (tertiary/aromatic N) is 4. The zero-order valence-corrected chi connectivity index (χ0v) is 13.1. The molecule has 0 fully saturated rings. The van der Waals surface area contributed by atoms with Gasteiger partial charge in [0.1, 0.15) is 24.1 Å². The fourth-order valence-electron chi connectivity index (χ4n) is 1.86. The maximum Gasteiger partial charge on any atom is 0.303 e. The van der Waals surface area contributed by atoms with Crippen LogP contribution in [0.5, 0.6) is 11.5 Å². The quantitative estimate of drug-likeness (QED) is 0.695. The van der Waals surface area contributed by atoms with Gasteiger partial charge in [-0.3, -0.25) is 9.59 Å². The third-order valence-corrected chi connectivity index (χ3v) is 3.29. The van der Waals surface area contributed by atoms with Crippen molar-refractivity contribution in [2.45, 2.75) is 32.2 Å². The Hall–Kier alpha value is -2.97. The first-order valence-electron chi connectivity index (χ1n) is 7.40. The molecule has 0 spiro atoms. The Bertz CT molecular complexity index is 698. The van der Waals surface area contributed by atoms with Crippen molar-refractivity contribution < 1.29 is 24.5 Å². The number of tetrazole rings is 1. The molecule has 1 unspecified atom stereocenters. The monoisotopic (exact) mass is 334 g/mol. The number of aromatic hydroxyl groups is 1. The molecule has 0 aliphatic heterocycles. The molecule has 9 nitrogen and oxygen atoms in total. The topological polar surface area (TPSA) is 127 Å². The van der Waals surface area contributed by atoms with E-state index in [0.29, 0.717) is 24.4 Å². The molecule has 1 heterocycles. The van der Waals surface area contributed by atoms with Crippen LogP contribution in [-0.2, 0) is 16.0 Å². The maximum absolute atomic E-state index is 12.1. The van der Waals surface area contributed by atoms with Gasteiger partial charge in [-0.15, -0.1) is 10.2 Å². The van der Waals surface area contributed by atoms with Crippen molar-refractivity contribution in [2.75, 3.05) is 6.61 Å². The third-order valence-electron chi connectivity index (χ3n) is 3.29. The van der Waals surface area contributed by atoms with Gasteiger partial charge < -0.3 is 14.9 Å². The highest BCUT2D eigenvalue weighted by molar-refractivity contribution is 5.83. The summed E-state index contributed by atoms with van der Waals surface area (Å²) in [6, 6.07) is 5.39. The number of aryl methyl sites for hydroxylation is 1. The number of aliphatic carboxylic acids is 1. The Morgan fingerprint density at radius 3 is 2.67 bits per heavy atom. The summed E-state index contributed by atoms with van der Waals surface area (Å²) in [5.74, 6) is -0.135. The number of rotatable bonds is 9. The lowest BCUT2D eigenvalue weighted by atomic mass is 10.2. The number of carbonyl (C=O) groups excluding carboxylic acids is 1. The van der Waals surface area contributed by atoms with E-state index in [0.717, 1.165) is 0 Å². The molecule has 0 bridgehead atoms. The van der Waals surface area contributed by atoms with Crippen LogP contribution in [0.3, 0.4) is 0 Å². The summed E-state index contributed by atoms with van der Waals surface area (Å²) in [7, 11) is 0. The fourth-order valence-corrected chi connectivity index (χ4v) is 1.86. The summed E-state index contributed by atoms with van der Waals surface area (Å²) in [5.41, 5.74) is 0. The van der Waals surface area contributed by atoms with Crippen LogP contribution in [0, 0.1) is 0 Å². The molecule has 24 heavy (non-hydrogen) atoms. The molecule has 9 heteroatoms. The van der Waals surface area contributed by atoms with E-state index in [1.807, 2.05) is 0 Å².